The van der Waals surface area contributed by atoms with Crippen LogP contribution in [-0.2, 0) is 80.0 Å². The number of benzene rings is 2. The van der Waals surface area contributed by atoms with Gasteiger partial charge in [0.05, 0.1) is 0 Å². The molecule has 0 saturated carbocycles. The summed E-state index contributed by atoms with van der Waals surface area (Å²) in [5.74, 6) is -12.9. The summed E-state index contributed by atoms with van der Waals surface area (Å²) in [5, 5.41) is 46.1. The average molecular weight is 1420 g/mol. The molecule has 2 saturated heterocycles. The van der Waals surface area contributed by atoms with Crippen molar-refractivity contribution in [2.75, 3.05) is 37.7 Å². The third kappa shape index (κ3) is 26.0. The lowest BCUT2D eigenvalue weighted by Gasteiger charge is -2.29. The van der Waals surface area contributed by atoms with Gasteiger partial charge in [0.1, 0.15) is 66.2 Å². The molecule has 99 heavy (non-hydrogen) atoms. The molecule has 2 aromatic carbocycles. The number of nitrogens with zero attached hydrogens (tertiary/aromatic N) is 2. The number of amides is 13. The summed E-state index contributed by atoms with van der Waals surface area (Å²) < 4.78 is 0. The number of phenolic OH excluding ortho intramolecular Hbond substituents is 1. The maximum Gasteiger partial charge on any atom is 0.303 e. The van der Waals surface area contributed by atoms with Gasteiger partial charge in [-0.3, -0.25) is 72.1 Å². The number of nitrogens with two attached hydrogens (primary N) is 5. The number of H-pyrrole nitrogens is 1. The van der Waals surface area contributed by atoms with Gasteiger partial charge in [-0.05, 0) is 73.8 Å². The van der Waals surface area contributed by atoms with Crippen LogP contribution in [0.4, 0.5) is 0 Å². The highest BCUT2D eigenvalue weighted by molar-refractivity contribution is 8.76. The van der Waals surface area contributed by atoms with Gasteiger partial charge >= 0.3 is 5.97 Å². The highest BCUT2D eigenvalue weighted by Gasteiger charge is 2.39. The maximum absolute atomic E-state index is 14.8. The molecule has 5 rings (SSSR count). The molecule has 538 valence electrons. The Morgan fingerprint density at radius 2 is 1.36 bits per heavy atom. The Morgan fingerprint density at radius 3 is 2.02 bits per heavy atom. The monoisotopic (exact) mass is 1420 g/mol. The van der Waals surface area contributed by atoms with Crippen molar-refractivity contribution in [2.45, 2.75) is 158 Å². The molecule has 0 bridgehead atoms. The number of aliphatic carboxylic acids is 1. The zero-order chi connectivity index (χ0) is 72.9. The van der Waals surface area contributed by atoms with E-state index >= 15 is 0 Å². The van der Waals surface area contributed by atoms with Crippen molar-refractivity contribution in [2.24, 2.45) is 39.6 Å². The van der Waals surface area contributed by atoms with Crippen LogP contribution >= 0.6 is 21.6 Å². The number of carbonyl (C=O) groups excluding carboxylic acids is 13. The smallest absolute Gasteiger partial charge is 0.303 e. The van der Waals surface area contributed by atoms with Gasteiger partial charge in [-0.25, -0.2) is 0 Å². The third-order valence-electron chi connectivity index (χ3n) is 15.9. The maximum atomic E-state index is 14.8. The summed E-state index contributed by atoms with van der Waals surface area (Å²) in [6.07, 6.45) is 4.21. The molecule has 2 aliphatic rings. The number of hydrogen-bond acceptors (Lipinski definition) is 19. The zero-order valence-corrected chi connectivity index (χ0v) is 56.4. The lowest BCUT2D eigenvalue weighted by molar-refractivity contribution is -0.139. The molecular weight excluding hydrogens is 1330 g/mol. The molecule has 0 unspecified atom stereocenters. The fourth-order valence-electron chi connectivity index (χ4n) is 10.6. The summed E-state index contributed by atoms with van der Waals surface area (Å²) in [6, 6.07) is -2.55. The SMILES string of the molecule is C#CC[C@@H]1NC(=O)[C@H](C(C)C)NC(=O)[C@@H](NC(=O)[C@H](Cc2ccc(O)cc2)NC(=O)[C@H]2CCCN2C(=O)CCN)CSSC[C@H](C(N)=O)NC(=O)[C@H](CCC(=O)O)NC(=O)[C@H](Cc2c[nH]c3ccccc23)NC(=O)[C@H](CCC(N)=O)NC(=O)CCNC(=O)[C@H](CCCN=C(N)N)NC1=O. The topological polar surface area (TPSA) is 561 Å². The Labute approximate surface area is 578 Å². The molecule has 2 aliphatic heterocycles. The Balaban J connectivity index is 1.57. The number of carboxylic acids is 1. The zero-order valence-electron chi connectivity index (χ0n) is 54.8. The number of terminal acetylenes is 1. The van der Waals surface area contributed by atoms with Crippen LogP contribution in [0.1, 0.15) is 95.6 Å². The summed E-state index contributed by atoms with van der Waals surface area (Å²) in [5.41, 5.74) is 29.5. The van der Waals surface area contributed by atoms with Gasteiger partial charge in [0.2, 0.25) is 76.8 Å². The van der Waals surface area contributed by atoms with E-state index in [2.05, 4.69) is 69.1 Å². The number of primary amides is 2. The Kier molecular flexibility index (Phi) is 32.1. The first kappa shape index (κ1) is 79.5. The minimum Gasteiger partial charge on any atom is -0.508 e. The Bertz CT molecular complexity index is 3470. The highest BCUT2D eigenvalue weighted by Crippen LogP contribution is 2.25. The van der Waals surface area contributed by atoms with E-state index in [0.717, 1.165) is 21.6 Å². The number of hydrogen-bond donors (Lipinski definition) is 18. The average Bonchev–Trinajstić information content (AvgIpc) is 1.80. The number of likely N-dealkylation sites (tertiary alicyclic amines) is 1. The van der Waals surface area contributed by atoms with Crippen LogP contribution in [0.25, 0.3) is 10.9 Å². The van der Waals surface area contributed by atoms with Crippen molar-refractivity contribution >= 4 is 121 Å². The number of aromatic nitrogens is 1. The molecule has 0 aliphatic carbocycles. The van der Waals surface area contributed by atoms with Gasteiger partial charge in [-0.15, -0.1) is 12.3 Å². The molecule has 3 aromatic rings. The van der Waals surface area contributed by atoms with Crippen molar-refractivity contribution in [1.82, 2.24) is 63.1 Å². The van der Waals surface area contributed by atoms with Crippen LogP contribution in [0.2, 0.25) is 0 Å². The fourth-order valence-corrected chi connectivity index (χ4v) is 12.9. The first-order valence-electron chi connectivity index (χ1n) is 31.9. The summed E-state index contributed by atoms with van der Waals surface area (Å²) in [4.78, 5) is 202. The van der Waals surface area contributed by atoms with Crippen LogP contribution in [0.5, 0.6) is 5.75 Å². The second-order valence-electron chi connectivity index (χ2n) is 23.8. The van der Waals surface area contributed by atoms with Gasteiger partial charge in [0, 0.05) is 99.7 Å². The molecule has 1 aromatic heterocycles. The fraction of sp³-hybridized carbons (Fsp3) is 0.508. The lowest BCUT2D eigenvalue weighted by Crippen LogP contribution is -2.61. The number of fused-ring (bicyclic) bond motifs is 1. The lowest BCUT2D eigenvalue weighted by atomic mass is 10.0. The first-order valence-corrected chi connectivity index (χ1v) is 34.4. The van der Waals surface area contributed by atoms with Crippen molar-refractivity contribution in [3.8, 4) is 18.1 Å². The van der Waals surface area contributed by atoms with Crippen molar-refractivity contribution < 1.29 is 77.3 Å². The van der Waals surface area contributed by atoms with E-state index in [1.54, 1.807) is 44.3 Å². The second-order valence-corrected chi connectivity index (χ2v) is 26.4. The van der Waals surface area contributed by atoms with E-state index < -0.39 is 194 Å². The first-order chi connectivity index (χ1) is 47.1. The summed E-state index contributed by atoms with van der Waals surface area (Å²) in [6.45, 7) is 2.90. The number of aliphatic imine (C=N–C) groups is 1. The van der Waals surface area contributed by atoms with E-state index in [0.29, 0.717) is 28.5 Å². The van der Waals surface area contributed by atoms with Crippen LogP contribution in [0.3, 0.4) is 0 Å². The minimum absolute atomic E-state index is 0.0119. The number of carboxylic acid groups (broad SMARTS) is 1. The van der Waals surface area contributed by atoms with E-state index in [1.165, 1.54) is 29.2 Å². The largest absolute Gasteiger partial charge is 0.508 e. The molecular formula is C63H88N18O16S2. The number of para-hydroxylation sites is 1. The molecule has 2 fully saturated rings. The van der Waals surface area contributed by atoms with E-state index in [-0.39, 0.29) is 81.5 Å². The minimum atomic E-state index is -1.74. The van der Waals surface area contributed by atoms with Crippen molar-refractivity contribution in [3.05, 3.63) is 65.9 Å². The number of phenols is 1. The number of carbonyl (C=O) groups is 14. The number of guanidine groups is 1. The standard InChI is InChI=1S/C63H88N18O16S2/c1-4-9-39-55(90)73-40(12-7-25-70-63(67)68)54(89)69-26-23-49(84)72-41(18-20-48(65)83)56(91)76-44(29-35-30-71-38-11-6-5-10-37(35)38)59(94)74-42(19-21-51(86)87)57(92)78-45(53(66)88)31-98-99-32-46(60(95)80-52(33(2)3)62(97)75-39)79-58(93)43(28-34-14-16-36(82)17-15-34)77-61(96)47-13-8-27-81(47)50(85)22-24-64/h1,5-6,10-11,14-17,30,33,39-47,52,71,82H,7-9,12-13,18-29,31-32,64H2,2-3H3,(H2,65,83)(H2,66,88)(H,69,89)(H,72,84)(H,73,90)(H,74,94)(H,75,97)(H,76,91)(H,77,96)(H,78,92)(H,79,93)(H,80,95)(H,86,87)(H4,67,68,70)/t39-,40-,41-,42-,43-,44-,45+,46-,47+,52-/m0/s1. The van der Waals surface area contributed by atoms with Crippen LogP contribution < -0.4 is 81.8 Å². The molecule has 3 heterocycles. The number of nitrogens with one attached hydrogen (secondary N) is 11. The predicted octanol–water partition coefficient (Wildman–Crippen LogP) is -4.39. The Hall–Kier alpha value is -10.1. The molecule has 36 heteroatoms. The normalized spacial score (nSPS) is 22.6. The van der Waals surface area contributed by atoms with E-state index in [9.17, 15) is 77.3 Å². The predicted molar refractivity (Wildman–Crippen MR) is 365 cm³/mol. The second kappa shape index (κ2) is 39.9. The van der Waals surface area contributed by atoms with E-state index in [4.69, 9.17) is 35.1 Å². The summed E-state index contributed by atoms with van der Waals surface area (Å²) >= 11 is 0. The van der Waals surface area contributed by atoms with Crippen molar-refractivity contribution in [3.63, 3.8) is 0 Å². The van der Waals surface area contributed by atoms with Gasteiger partial charge in [-0.1, -0.05) is 65.8 Å². The highest BCUT2D eigenvalue weighted by atomic mass is 33.1. The summed E-state index contributed by atoms with van der Waals surface area (Å²) in [7, 11) is 1.69. The van der Waals surface area contributed by atoms with E-state index in [1.807, 2.05) is 0 Å². The van der Waals surface area contributed by atoms with Gasteiger partial charge in [0.15, 0.2) is 5.96 Å². The molecule has 10 atom stereocenters. The Morgan fingerprint density at radius 1 is 0.737 bits per heavy atom. The van der Waals surface area contributed by atoms with Crippen molar-refractivity contribution in [1.29, 1.82) is 0 Å². The molecule has 0 spiro atoms. The molecule has 0 radical (unpaired) electrons. The molecule has 13 amide bonds. The molecule has 23 N–H and O–H groups in total. The molecule has 34 nitrogen and oxygen atoms in total. The number of aromatic hydroxyl groups is 1. The van der Waals surface area contributed by atoms with Gasteiger partial charge in [-0.2, -0.15) is 0 Å². The van der Waals surface area contributed by atoms with Crippen LogP contribution in [-0.4, -0.2) is 207 Å². The van der Waals surface area contributed by atoms with Crippen LogP contribution in [0, 0.1) is 18.3 Å². The quantitative estimate of drug-likeness (QED) is 0.0140. The third-order valence-corrected chi connectivity index (χ3v) is 18.3. The van der Waals surface area contributed by atoms with Gasteiger partial charge in [0.25, 0.3) is 0 Å². The van der Waals surface area contributed by atoms with Gasteiger partial charge < -0.3 is 102 Å². The number of rotatable bonds is 23. The number of aromatic amines is 1. The van der Waals surface area contributed by atoms with Crippen LogP contribution in [0.15, 0.2) is 59.7 Å².